The molecule has 0 unspecified atom stereocenters. The number of carbonyl (C=O) groups is 2. The fourth-order valence-electron chi connectivity index (χ4n) is 4.11. The third-order valence-corrected chi connectivity index (χ3v) is 7.51. The van der Waals surface area contributed by atoms with Gasteiger partial charge in [0.05, 0.1) is 17.3 Å². The van der Waals surface area contributed by atoms with Crippen LogP contribution in [0.5, 0.6) is 0 Å². The van der Waals surface area contributed by atoms with Crippen molar-refractivity contribution in [3.05, 3.63) is 66.1 Å². The molecule has 0 N–H and O–H groups in total. The van der Waals surface area contributed by atoms with E-state index in [1.807, 2.05) is 0 Å². The molecule has 180 valence electrons. The predicted molar refractivity (Wildman–Crippen MR) is 124 cm³/mol. The Balaban J connectivity index is 1.53. The highest BCUT2D eigenvalue weighted by molar-refractivity contribution is 7.90. The minimum Gasteiger partial charge on any atom is -0.450 e. The number of hydrogen-bond acceptors (Lipinski definition) is 5. The van der Waals surface area contributed by atoms with E-state index in [0.717, 1.165) is 0 Å². The number of ether oxygens (including phenoxy) is 1. The third-order valence-electron chi connectivity index (χ3n) is 5.80. The molecule has 10 heteroatoms. The van der Waals surface area contributed by atoms with Gasteiger partial charge in [-0.1, -0.05) is 30.3 Å². The van der Waals surface area contributed by atoms with Crippen molar-refractivity contribution in [1.29, 1.82) is 0 Å². The lowest BCUT2D eigenvalue weighted by molar-refractivity contribution is -0.133. The highest BCUT2D eigenvalue weighted by Gasteiger charge is 2.27. The Hall–Kier alpha value is -3.40. The molecule has 2 heterocycles. The summed E-state index contributed by atoms with van der Waals surface area (Å²) in [4.78, 5) is 28.2. The molecule has 0 bridgehead atoms. The number of nitrogens with zero attached hydrogens (tertiary/aromatic N) is 3. The number of piperazine rings is 1. The minimum absolute atomic E-state index is 0.0323. The fourth-order valence-corrected chi connectivity index (χ4v) is 5.68. The molecule has 34 heavy (non-hydrogen) atoms. The molecule has 1 aliphatic rings. The SMILES string of the molecule is CCOC(=O)N1CCN(C(=O)Cn2cc(S(=O)(=O)Cc3cccc(F)c3)c3ccccc32)CC1. The number of sulfone groups is 1. The van der Waals surface area contributed by atoms with Crippen LogP contribution in [0.25, 0.3) is 10.9 Å². The van der Waals surface area contributed by atoms with Gasteiger partial charge >= 0.3 is 6.09 Å². The van der Waals surface area contributed by atoms with Crippen LogP contribution in [0.15, 0.2) is 59.6 Å². The first-order chi connectivity index (χ1) is 16.3. The monoisotopic (exact) mass is 487 g/mol. The average molecular weight is 488 g/mol. The van der Waals surface area contributed by atoms with Crippen LogP contribution in [0.4, 0.5) is 9.18 Å². The summed E-state index contributed by atoms with van der Waals surface area (Å²) in [6, 6.07) is 12.5. The lowest BCUT2D eigenvalue weighted by atomic mass is 10.2. The first-order valence-electron chi connectivity index (χ1n) is 11.0. The predicted octanol–water partition coefficient (Wildman–Crippen LogP) is 3.06. The molecule has 2 amide bonds. The average Bonchev–Trinajstić information content (AvgIpc) is 3.18. The summed E-state index contributed by atoms with van der Waals surface area (Å²) >= 11 is 0. The van der Waals surface area contributed by atoms with E-state index < -0.39 is 15.7 Å². The Morgan fingerprint density at radius 2 is 1.71 bits per heavy atom. The summed E-state index contributed by atoms with van der Waals surface area (Å²) in [6.07, 6.45) is 1.09. The first-order valence-corrected chi connectivity index (χ1v) is 12.7. The van der Waals surface area contributed by atoms with E-state index >= 15 is 0 Å². The first kappa shape index (κ1) is 23.7. The zero-order valence-corrected chi connectivity index (χ0v) is 19.6. The molecule has 0 aliphatic carbocycles. The molecule has 3 aromatic rings. The molecule has 0 radical (unpaired) electrons. The zero-order chi connectivity index (χ0) is 24.3. The smallest absolute Gasteiger partial charge is 0.409 e. The van der Waals surface area contributed by atoms with Crippen molar-refractivity contribution in [3.8, 4) is 0 Å². The molecular weight excluding hydrogens is 461 g/mol. The van der Waals surface area contributed by atoms with Gasteiger partial charge in [0.2, 0.25) is 5.91 Å². The largest absolute Gasteiger partial charge is 0.450 e. The number of benzene rings is 2. The standard InChI is InChI=1S/C24H26FN3O5S/c1-2-33-24(30)27-12-10-26(11-13-27)23(29)16-28-15-22(20-8-3-4-9-21(20)28)34(31,32)17-18-6-5-7-19(25)14-18/h3-9,14-15H,2,10-13,16-17H2,1H3. The van der Waals surface area contributed by atoms with Crippen molar-refractivity contribution in [2.24, 2.45) is 0 Å². The molecule has 4 rings (SSSR count). The molecule has 1 aromatic heterocycles. The Morgan fingerprint density at radius 3 is 2.41 bits per heavy atom. The van der Waals surface area contributed by atoms with Gasteiger partial charge in [-0.2, -0.15) is 0 Å². The Labute approximate surface area is 197 Å². The second kappa shape index (κ2) is 9.84. The van der Waals surface area contributed by atoms with Gasteiger partial charge in [0.15, 0.2) is 9.84 Å². The maximum absolute atomic E-state index is 13.6. The summed E-state index contributed by atoms with van der Waals surface area (Å²) in [5.41, 5.74) is 0.978. The number of hydrogen-bond donors (Lipinski definition) is 0. The van der Waals surface area contributed by atoms with Gasteiger partial charge in [0.1, 0.15) is 12.4 Å². The molecule has 0 saturated carbocycles. The number of para-hydroxylation sites is 1. The summed E-state index contributed by atoms with van der Waals surface area (Å²) in [5.74, 6) is -1.01. The van der Waals surface area contributed by atoms with E-state index in [1.165, 1.54) is 24.4 Å². The van der Waals surface area contributed by atoms with Gasteiger partial charge in [0, 0.05) is 43.3 Å². The highest BCUT2D eigenvalue weighted by Crippen LogP contribution is 2.28. The van der Waals surface area contributed by atoms with E-state index in [9.17, 15) is 22.4 Å². The van der Waals surface area contributed by atoms with Gasteiger partial charge in [-0.3, -0.25) is 4.79 Å². The molecular formula is C24H26FN3O5S. The van der Waals surface area contributed by atoms with Crippen molar-refractivity contribution in [2.45, 2.75) is 24.1 Å². The van der Waals surface area contributed by atoms with Crippen LogP contribution in [0, 0.1) is 5.82 Å². The number of halogens is 1. The van der Waals surface area contributed by atoms with Crippen LogP contribution in [0.1, 0.15) is 12.5 Å². The summed E-state index contributed by atoms with van der Waals surface area (Å²) < 4.78 is 46.6. The normalized spacial score (nSPS) is 14.4. The van der Waals surface area contributed by atoms with Crippen LogP contribution < -0.4 is 0 Å². The maximum atomic E-state index is 13.6. The highest BCUT2D eigenvalue weighted by atomic mass is 32.2. The molecule has 0 spiro atoms. The van der Waals surface area contributed by atoms with Crippen LogP contribution in [-0.2, 0) is 31.7 Å². The second-order valence-corrected chi connectivity index (χ2v) is 10.1. The second-order valence-electron chi connectivity index (χ2n) is 8.09. The van der Waals surface area contributed by atoms with Crippen molar-refractivity contribution in [2.75, 3.05) is 32.8 Å². The van der Waals surface area contributed by atoms with Crippen LogP contribution in [-0.4, -0.2) is 67.6 Å². The van der Waals surface area contributed by atoms with E-state index in [-0.39, 0.29) is 29.2 Å². The van der Waals surface area contributed by atoms with Crippen molar-refractivity contribution < 1.29 is 27.1 Å². The summed E-state index contributed by atoms with van der Waals surface area (Å²) in [5, 5.41) is 0.513. The van der Waals surface area contributed by atoms with E-state index in [2.05, 4.69) is 0 Å². The lowest BCUT2D eigenvalue weighted by Gasteiger charge is -2.34. The van der Waals surface area contributed by atoms with Crippen LogP contribution in [0.3, 0.4) is 0 Å². The zero-order valence-electron chi connectivity index (χ0n) is 18.8. The van der Waals surface area contributed by atoms with Gasteiger partial charge in [0.25, 0.3) is 0 Å². The fraction of sp³-hybridized carbons (Fsp3) is 0.333. The lowest BCUT2D eigenvalue weighted by Crippen LogP contribution is -2.51. The summed E-state index contributed by atoms with van der Waals surface area (Å²) in [6.45, 7) is 3.52. The number of aromatic nitrogens is 1. The maximum Gasteiger partial charge on any atom is 0.409 e. The number of rotatable bonds is 6. The molecule has 1 fully saturated rings. The minimum atomic E-state index is -3.79. The molecule has 1 aliphatic heterocycles. The molecule has 2 aromatic carbocycles. The van der Waals surface area contributed by atoms with Crippen molar-refractivity contribution in [3.63, 3.8) is 0 Å². The van der Waals surface area contributed by atoms with E-state index in [0.29, 0.717) is 49.3 Å². The van der Waals surface area contributed by atoms with Gasteiger partial charge in [-0.15, -0.1) is 0 Å². The molecule has 1 saturated heterocycles. The Morgan fingerprint density at radius 1 is 1.00 bits per heavy atom. The third kappa shape index (κ3) is 5.06. The summed E-state index contributed by atoms with van der Waals surface area (Å²) in [7, 11) is -3.79. The quantitative estimate of drug-likeness (QED) is 0.533. The van der Waals surface area contributed by atoms with Gasteiger partial charge in [-0.25, -0.2) is 17.6 Å². The van der Waals surface area contributed by atoms with Crippen molar-refractivity contribution in [1.82, 2.24) is 14.4 Å². The van der Waals surface area contributed by atoms with Gasteiger partial charge in [-0.05, 0) is 30.7 Å². The Kier molecular flexibility index (Phi) is 6.87. The van der Waals surface area contributed by atoms with Crippen LogP contribution >= 0.6 is 0 Å². The number of fused-ring (bicyclic) bond motifs is 1. The molecule has 0 atom stereocenters. The van der Waals surface area contributed by atoms with Gasteiger partial charge < -0.3 is 19.1 Å². The number of amides is 2. The van der Waals surface area contributed by atoms with E-state index in [4.69, 9.17) is 4.74 Å². The van der Waals surface area contributed by atoms with Crippen molar-refractivity contribution >= 4 is 32.7 Å². The Bertz CT molecular complexity index is 1310. The topological polar surface area (TPSA) is 88.9 Å². The van der Waals surface area contributed by atoms with E-state index in [1.54, 1.807) is 51.6 Å². The van der Waals surface area contributed by atoms with Crippen LogP contribution in [0.2, 0.25) is 0 Å². The molecule has 8 nitrogen and oxygen atoms in total. The number of carbonyl (C=O) groups excluding carboxylic acids is 2.